The minimum atomic E-state index is -0.302. The highest BCUT2D eigenvalue weighted by Crippen LogP contribution is 2.30. The second-order valence-corrected chi connectivity index (χ2v) is 3.14. The van der Waals surface area contributed by atoms with Crippen molar-refractivity contribution in [2.45, 2.75) is 24.3 Å². The van der Waals surface area contributed by atoms with Crippen LogP contribution in [0.3, 0.4) is 0 Å². The molecule has 0 N–H and O–H groups in total. The number of hydrogen-bond donors (Lipinski definition) is 0. The predicted octanol–water partition coefficient (Wildman–Crippen LogP) is 1.14. The lowest BCUT2D eigenvalue weighted by Gasteiger charge is -2.10. The summed E-state index contributed by atoms with van der Waals surface area (Å²) in [5.74, 6) is 0. The zero-order chi connectivity index (χ0) is 9.97. The summed E-state index contributed by atoms with van der Waals surface area (Å²) in [4.78, 5) is 5.42. The van der Waals surface area contributed by atoms with Crippen LogP contribution in [-0.4, -0.2) is 37.5 Å². The molecule has 4 atom stereocenters. The third-order valence-corrected chi connectivity index (χ3v) is 2.40. The average molecular weight is 196 g/mol. The van der Waals surface area contributed by atoms with Gasteiger partial charge in [0, 0.05) is 9.82 Å². The number of hydrogen-bond acceptors (Lipinski definition) is 4. The number of fused-ring (bicyclic) bond motifs is 1. The largest absolute Gasteiger partial charge is 0.374 e. The first kappa shape index (κ1) is 9.11. The van der Waals surface area contributed by atoms with E-state index in [9.17, 15) is 0 Å². The van der Waals surface area contributed by atoms with E-state index >= 15 is 0 Å². The van der Waals surface area contributed by atoms with Crippen molar-refractivity contribution in [3.63, 3.8) is 0 Å². The Morgan fingerprint density at radius 3 is 1.71 bits per heavy atom. The smallest absolute Gasteiger partial charge is 0.0948 e. The van der Waals surface area contributed by atoms with E-state index in [1.807, 2.05) is 0 Å². The van der Waals surface area contributed by atoms with Gasteiger partial charge in [-0.1, -0.05) is 10.2 Å². The van der Waals surface area contributed by atoms with Gasteiger partial charge in [0.15, 0.2) is 0 Å². The zero-order valence-electron chi connectivity index (χ0n) is 7.22. The molecule has 2 unspecified atom stereocenters. The van der Waals surface area contributed by atoms with E-state index < -0.39 is 0 Å². The number of ether oxygens (including phenoxy) is 2. The molecule has 2 saturated heterocycles. The van der Waals surface area contributed by atoms with Crippen molar-refractivity contribution in [3.05, 3.63) is 20.9 Å². The summed E-state index contributed by atoms with van der Waals surface area (Å²) < 4.78 is 10.7. The van der Waals surface area contributed by atoms with Gasteiger partial charge in [0.05, 0.1) is 37.5 Å². The fourth-order valence-electron chi connectivity index (χ4n) is 1.79. The second kappa shape index (κ2) is 3.73. The molecule has 0 aromatic heterocycles. The summed E-state index contributed by atoms with van der Waals surface area (Å²) >= 11 is 0. The van der Waals surface area contributed by atoms with Crippen molar-refractivity contribution in [2.24, 2.45) is 10.2 Å². The van der Waals surface area contributed by atoms with Crippen LogP contribution in [0.15, 0.2) is 10.2 Å². The maximum atomic E-state index is 8.28. The van der Waals surface area contributed by atoms with Crippen LogP contribution < -0.4 is 0 Å². The second-order valence-electron chi connectivity index (χ2n) is 3.14. The van der Waals surface area contributed by atoms with E-state index in [2.05, 4.69) is 20.1 Å². The molecule has 0 saturated carbocycles. The Morgan fingerprint density at radius 2 is 1.36 bits per heavy atom. The van der Waals surface area contributed by atoms with Gasteiger partial charge in [-0.25, -0.2) is 0 Å². The minimum Gasteiger partial charge on any atom is -0.374 e. The van der Waals surface area contributed by atoms with Gasteiger partial charge in [-0.05, 0) is 11.1 Å². The highest BCUT2D eigenvalue weighted by atomic mass is 16.6. The summed E-state index contributed by atoms with van der Waals surface area (Å²) in [5.41, 5.74) is 16.6. The molecule has 2 fully saturated rings. The molecule has 8 heteroatoms. The maximum absolute atomic E-state index is 8.28. The first-order chi connectivity index (χ1) is 6.86. The molecule has 0 bridgehead atoms. The Hall–Kier alpha value is -1.46. The van der Waals surface area contributed by atoms with Crippen LogP contribution in [0.4, 0.5) is 0 Å². The molecule has 74 valence electrons. The summed E-state index contributed by atoms with van der Waals surface area (Å²) in [7, 11) is 0. The average Bonchev–Trinajstić information content (AvgIpc) is 2.72. The van der Waals surface area contributed by atoms with Crippen LogP contribution in [0, 0.1) is 0 Å². The van der Waals surface area contributed by atoms with Crippen molar-refractivity contribution in [3.8, 4) is 0 Å². The van der Waals surface area contributed by atoms with E-state index in [0.29, 0.717) is 13.2 Å². The molecule has 0 amide bonds. The zero-order valence-corrected chi connectivity index (χ0v) is 7.22. The van der Waals surface area contributed by atoms with Gasteiger partial charge in [-0.15, -0.1) is 0 Å². The van der Waals surface area contributed by atoms with Crippen molar-refractivity contribution < 1.29 is 9.47 Å². The molecule has 8 nitrogen and oxygen atoms in total. The van der Waals surface area contributed by atoms with Crippen LogP contribution >= 0.6 is 0 Å². The van der Waals surface area contributed by atoms with Crippen LogP contribution in [0.25, 0.3) is 20.9 Å². The summed E-state index contributed by atoms with van der Waals surface area (Å²) in [6.07, 6.45) is -0.525. The molecule has 0 spiro atoms. The normalized spacial score (nSPS) is 39.7. The molecule has 2 aliphatic rings. The number of nitrogens with zero attached hydrogens (tertiary/aromatic N) is 6. The van der Waals surface area contributed by atoms with Crippen molar-refractivity contribution in [1.29, 1.82) is 0 Å². The molecular formula is C6H8N6O2. The van der Waals surface area contributed by atoms with E-state index in [4.69, 9.17) is 20.5 Å². The molecule has 0 aliphatic carbocycles. The third kappa shape index (κ3) is 1.36. The van der Waals surface area contributed by atoms with Gasteiger partial charge in [-0.2, -0.15) is 0 Å². The van der Waals surface area contributed by atoms with Crippen molar-refractivity contribution in [2.75, 3.05) is 13.2 Å². The Morgan fingerprint density at radius 1 is 0.929 bits per heavy atom. The Kier molecular flexibility index (Phi) is 2.43. The molecule has 0 aromatic carbocycles. The Labute approximate surface area is 79.0 Å². The van der Waals surface area contributed by atoms with E-state index in [1.54, 1.807) is 0 Å². The SMILES string of the molecule is [N-]=[N+]=N[C@@H]1COC2C1OC[C@H]2N=[N+]=[N-]. The lowest BCUT2D eigenvalue weighted by Crippen LogP contribution is -2.29. The standard InChI is InChI=1S/C6H8N6O2/c7-11-9-3-1-13-6-4(10-12-8)2-14-5(3)6/h3-6H,1-2H2/t3-,4-,5?,6?/m1/s1. The van der Waals surface area contributed by atoms with Crippen LogP contribution in [0.5, 0.6) is 0 Å². The lowest BCUT2D eigenvalue weighted by molar-refractivity contribution is 0.0692. The fraction of sp³-hybridized carbons (Fsp3) is 1.00. The molecule has 0 radical (unpaired) electrons. The lowest BCUT2D eigenvalue weighted by atomic mass is 10.1. The first-order valence-electron chi connectivity index (χ1n) is 4.18. The summed E-state index contributed by atoms with van der Waals surface area (Å²) in [5, 5.41) is 7.11. The highest BCUT2D eigenvalue weighted by Gasteiger charge is 2.46. The van der Waals surface area contributed by atoms with Gasteiger partial charge in [-0.3, -0.25) is 0 Å². The Balaban J connectivity index is 2.11. The van der Waals surface area contributed by atoms with Gasteiger partial charge < -0.3 is 9.47 Å². The monoisotopic (exact) mass is 196 g/mol. The fourth-order valence-corrected chi connectivity index (χ4v) is 1.79. The van der Waals surface area contributed by atoms with Crippen molar-refractivity contribution >= 4 is 0 Å². The Bertz CT molecular complexity index is 288. The number of rotatable bonds is 2. The van der Waals surface area contributed by atoms with Crippen LogP contribution in [0.2, 0.25) is 0 Å². The van der Waals surface area contributed by atoms with E-state index in [0.717, 1.165) is 0 Å². The molecule has 0 aromatic rings. The maximum Gasteiger partial charge on any atom is 0.0948 e. The molecule has 2 rings (SSSR count). The predicted molar refractivity (Wildman–Crippen MR) is 45.3 cm³/mol. The van der Waals surface area contributed by atoms with Crippen LogP contribution in [-0.2, 0) is 9.47 Å². The van der Waals surface area contributed by atoms with Gasteiger partial charge >= 0.3 is 0 Å². The van der Waals surface area contributed by atoms with Gasteiger partial charge in [0.1, 0.15) is 0 Å². The molecule has 2 aliphatic heterocycles. The quantitative estimate of drug-likeness (QED) is 0.374. The topological polar surface area (TPSA) is 116 Å². The van der Waals surface area contributed by atoms with Gasteiger partial charge in [0.25, 0.3) is 0 Å². The van der Waals surface area contributed by atoms with Crippen molar-refractivity contribution in [1.82, 2.24) is 0 Å². The van der Waals surface area contributed by atoms with Crippen LogP contribution in [0.1, 0.15) is 0 Å². The summed E-state index contributed by atoms with van der Waals surface area (Å²) in [6.45, 7) is 0.660. The first-order valence-corrected chi connectivity index (χ1v) is 4.18. The molecular weight excluding hydrogens is 188 g/mol. The number of azide groups is 2. The third-order valence-electron chi connectivity index (χ3n) is 2.40. The summed E-state index contributed by atoms with van der Waals surface area (Å²) in [6, 6.07) is -0.604. The van der Waals surface area contributed by atoms with E-state index in [-0.39, 0.29) is 24.3 Å². The highest BCUT2D eigenvalue weighted by molar-refractivity contribution is 5.00. The molecule has 2 heterocycles. The van der Waals surface area contributed by atoms with Gasteiger partial charge in [0.2, 0.25) is 0 Å². The molecule has 14 heavy (non-hydrogen) atoms. The van der Waals surface area contributed by atoms with E-state index in [1.165, 1.54) is 0 Å². The minimum absolute atomic E-state index is 0.263.